The first kappa shape index (κ1) is 13.9. The monoisotopic (exact) mass is 350 g/mol. The molecule has 1 saturated carbocycles. The Morgan fingerprint density at radius 1 is 1.64 bits per heavy atom. The Morgan fingerprint density at radius 2 is 2.00 bits per heavy atom. The maximum absolute atomic E-state index is 9.98. The van der Waals surface area contributed by atoms with Gasteiger partial charge in [0.05, 0.1) is 5.92 Å². The first-order valence-corrected chi connectivity index (χ1v) is 3.53. The minimum atomic E-state index is -0.619. The first-order valence-electron chi connectivity index (χ1n) is 3.53. The Labute approximate surface area is 87.0 Å². The fourth-order valence-electron chi connectivity index (χ4n) is 0.655. The van der Waals surface area contributed by atoms with Gasteiger partial charge in [-0.05, 0) is 12.8 Å². The van der Waals surface area contributed by atoms with Crippen molar-refractivity contribution in [2.45, 2.75) is 26.2 Å². The first-order chi connectivity index (χ1) is 4.72. The summed E-state index contributed by atoms with van der Waals surface area (Å²) in [6.45, 7) is 1.57. The molecule has 0 aromatic rings. The molecule has 0 unspecified atom stereocenters. The molecular formula is C7H13O3Tl. The number of hydrogen-bond donors (Lipinski definition) is 1. The van der Waals surface area contributed by atoms with Crippen LogP contribution in [0.2, 0.25) is 0 Å². The van der Waals surface area contributed by atoms with Crippen molar-refractivity contribution in [1.29, 1.82) is 0 Å². The second kappa shape index (κ2) is 8.45. The summed E-state index contributed by atoms with van der Waals surface area (Å²) in [5, 5.41) is 17.2. The van der Waals surface area contributed by atoms with Crippen LogP contribution < -0.4 is 5.11 Å². The molecule has 0 atom stereocenters. The van der Waals surface area contributed by atoms with Gasteiger partial charge in [0.15, 0.2) is 0 Å². The van der Waals surface area contributed by atoms with E-state index in [0.29, 0.717) is 0 Å². The number of carbonyl (C=O) groups is 1. The maximum atomic E-state index is 9.98. The van der Waals surface area contributed by atoms with E-state index in [1.54, 1.807) is 6.92 Å². The fraction of sp³-hybridized carbons (Fsp3) is 0.857. The van der Waals surface area contributed by atoms with E-state index >= 15 is 0 Å². The summed E-state index contributed by atoms with van der Waals surface area (Å²) in [5.41, 5.74) is 0. The fourth-order valence-corrected chi connectivity index (χ4v) is 0.655. The van der Waals surface area contributed by atoms with Gasteiger partial charge in [-0.1, -0.05) is 13.3 Å². The molecule has 62 valence electrons. The van der Waals surface area contributed by atoms with Gasteiger partial charge in [-0.3, -0.25) is 4.79 Å². The molecule has 0 aromatic carbocycles. The van der Waals surface area contributed by atoms with Gasteiger partial charge < -0.3 is 10.2 Å². The summed E-state index contributed by atoms with van der Waals surface area (Å²) >= 11 is 0. The summed E-state index contributed by atoms with van der Waals surface area (Å²) < 4.78 is 0. The Morgan fingerprint density at radius 3 is 2.00 bits per heavy atom. The molecule has 0 aromatic heterocycles. The van der Waals surface area contributed by atoms with Crippen LogP contribution in [0.1, 0.15) is 26.2 Å². The van der Waals surface area contributed by atoms with Gasteiger partial charge in [0.25, 0.3) is 0 Å². The molecule has 0 aliphatic heterocycles. The minimum Gasteiger partial charge on any atom is -0.855 e. The van der Waals surface area contributed by atoms with E-state index in [2.05, 4.69) is 0 Å². The molecule has 3 nitrogen and oxygen atoms in total. The zero-order valence-electron chi connectivity index (χ0n) is 6.75. The van der Waals surface area contributed by atoms with Gasteiger partial charge in [-0.2, -0.15) is 0 Å². The van der Waals surface area contributed by atoms with Crippen LogP contribution in [0.3, 0.4) is 0 Å². The van der Waals surface area contributed by atoms with E-state index in [1.807, 2.05) is 0 Å². The third-order valence-corrected chi connectivity index (χ3v) is 1.45. The van der Waals surface area contributed by atoms with Crippen LogP contribution in [0, 0.1) is 5.92 Å². The van der Waals surface area contributed by atoms with E-state index in [4.69, 9.17) is 10.2 Å². The number of rotatable bonds is 1. The molecule has 1 fully saturated rings. The van der Waals surface area contributed by atoms with E-state index < -0.39 is 5.97 Å². The molecule has 0 bridgehead atoms. The summed E-state index contributed by atoms with van der Waals surface area (Å²) in [7, 11) is 0. The van der Waals surface area contributed by atoms with Crippen molar-refractivity contribution in [2.24, 2.45) is 5.92 Å². The number of carboxylic acids is 1. The van der Waals surface area contributed by atoms with Crippen molar-refractivity contribution in [3.63, 3.8) is 0 Å². The Hall–Kier alpha value is 0.352. The van der Waals surface area contributed by atoms with Gasteiger partial charge in [0, 0.05) is 0 Å². The van der Waals surface area contributed by atoms with Crippen LogP contribution in [0.25, 0.3) is 0 Å². The van der Waals surface area contributed by atoms with Gasteiger partial charge >= 0.3 is 33.3 Å². The van der Waals surface area contributed by atoms with Crippen molar-refractivity contribution in [3.8, 4) is 0 Å². The molecule has 0 spiro atoms. The molecule has 0 radical (unpaired) electrons. The summed E-state index contributed by atoms with van der Waals surface area (Å²) in [5.74, 6) is -0.619. The van der Waals surface area contributed by atoms with E-state index in [9.17, 15) is 4.79 Å². The van der Waals surface area contributed by atoms with Gasteiger partial charge in [0.2, 0.25) is 0 Å². The molecule has 0 heterocycles. The maximum Gasteiger partial charge on any atom is 1.00 e. The molecule has 1 aliphatic rings. The molecule has 4 heteroatoms. The average Bonchev–Trinajstić information content (AvgIpc) is 1.59. The summed E-state index contributed by atoms with van der Waals surface area (Å²) in [6, 6.07) is 0. The number of aliphatic carboxylic acids is 1. The van der Waals surface area contributed by atoms with E-state index in [-0.39, 0.29) is 39.8 Å². The van der Waals surface area contributed by atoms with Gasteiger partial charge in [0.1, 0.15) is 0 Å². The zero-order chi connectivity index (χ0) is 7.98. The van der Waals surface area contributed by atoms with E-state index in [1.165, 1.54) is 0 Å². The second-order valence-corrected chi connectivity index (χ2v) is 2.25. The molecule has 1 aliphatic carbocycles. The molecule has 1 rings (SSSR count). The van der Waals surface area contributed by atoms with Crippen LogP contribution in [0.15, 0.2) is 0 Å². The predicted octanol–water partition coefficient (Wildman–Crippen LogP) is -0.143. The molecule has 11 heavy (non-hydrogen) atoms. The SMILES string of the molecule is CC[O-].O=C(O)C1CCC1.[Tl+]. The van der Waals surface area contributed by atoms with E-state index in [0.717, 1.165) is 19.3 Å². The van der Waals surface area contributed by atoms with Crippen molar-refractivity contribution in [1.82, 2.24) is 0 Å². The summed E-state index contributed by atoms with van der Waals surface area (Å²) in [4.78, 5) is 9.98. The normalized spacial score (nSPS) is 15.1. The van der Waals surface area contributed by atoms with Crippen molar-refractivity contribution in [3.05, 3.63) is 0 Å². The largest absolute Gasteiger partial charge is 1.00 e. The van der Waals surface area contributed by atoms with Crippen LogP contribution >= 0.6 is 0 Å². The zero-order valence-corrected chi connectivity index (χ0v) is 11.2. The molecule has 1 N–H and O–H groups in total. The molecular weight excluding hydrogens is 336 g/mol. The number of hydrogen-bond acceptors (Lipinski definition) is 2. The third kappa shape index (κ3) is 6.74. The Kier molecular flexibility index (Phi) is 10.7. The topological polar surface area (TPSA) is 60.4 Å². The standard InChI is InChI=1S/C5H8O2.C2H5O.Tl/c6-5(7)4-2-1-3-4;1-2-3;/h4H,1-3H2,(H,6,7);2H2,1H3;/q;-1;+1. The van der Waals surface area contributed by atoms with Gasteiger partial charge in [-0.15, -0.1) is 6.61 Å². The van der Waals surface area contributed by atoms with Crippen LogP contribution in [0.4, 0.5) is 0 Å². The van der Waals surface area contributed by atoms with Crippen LogP contribution in [-0.2, 0) is 4.79 Å². The van der Waals surface area contributed by atoms with Crippen molar-refractivity contribution >= 4 is 33.3 Å². The number of carboxylic acid groups (broad SMARTS) is 1. The van der Waals surface area contributed by atoms with Crippen molar-refractivity contribution in [2.75, 3.05) is 6.61 Å². The predicted molar refractivity (Wildman–Crippen MR) is 41.3 cm³/mol. The van der Waals surface area contributed by atoms with Gasteiger partial charge in [-0.25, -0.2) is 0 Å². The third-order valence-electron chi connectivity index (χ3n) is 1.45. The average molecular weight is 350 g/mol. The smallest absolute Gasteiger partial charge is 0.855 e. The van der Waals surface area contributed by atoms with Crippen molar-refractivity contribution < 1.29 is 15.0 Å². The van der Waals surface area contributed by atoms with Crippen LogP contribution in [0.5, 0.6) is 0 Å². The molecule has 0 amide bonds. The van der Waals surface area contributed by atoms with Crippen LogP contribution in [-0.4, -0.2) is 45.0 Å². The Balaban J connectivity index is 0. The summed E-state index contributed by atoms with van der Waals surface area (Å²) in [6.07, 6.45) is 2.90. The Bertz CT molecular complexity index is 102. The second-order valence-electron chi connectivity index (χ2n) is 2.25. The minimum absolute atomic E-state index is 0. The quantitative estimate of drug-likeness (QED) is 0.670. The molecule has 0 saturated heterocycles.